The molecule has 3 aromatic rings. The zero-order valence-electron chi connectivity index (χ0n) is 18.6. The molecule has 1 aromatic heterocycles. The highest BCUT2D eigenvalue weighted by Gasteiger charge is 2.35. The number of piperidine rings is 3. The van der Waals surface area contributed by atoms with Crippen molar-refractivity contribution in [2.24, 2.45) is 5.92 Å². The van der Waals surface area contributed by atoms with Crippen molar-refractivity contribution >= 4 is 27.6 Å². The Morgan fingerprint density at radius 2 is 1.88 bits per heavy atom. The van der Waals surface area contributed by atoms with Gasteiger partial charge in [-0.1, -0.05) is 41.4 Å². The molecule has 8 nitrogen and oxygen atoms in total. The van der Waals surface area contributed by atoms with Crippen molar-refractivity contribution in [3.8, 4) is 11.3 Å². The molecule has 1 amide bonds. The zero-order valence-corrected chi connectivity index (χ0v) is 20.2. The lowest BCUT2D eigenvalue weighted by molar-refractivity contribution is 0.0602. The number of halogens is 1. The molecule has 3 aliphatic heterocycles. The molecule has 180 valence electrons. The van der Waals surface area contributed by atoms with E-state index in [1.54, 1.807) is 30.5 Å². The maximum absolute atomic E-state index is 12.4. The Balaban J connectivity index is 0.000000210. The predicted molar refractivity (Wildman–Crippen MR) is 128 cm³/mol. The first-order valence-electron chi connectivity index (χ1n) is 11.0. The lowest BCUT2D eigenvalue weighted by Gasteiger charge is -2.44. The highest BCUT2D eigenvalue weighted by molar-refractivity contribution is 7.85. The Morgan fingerprint density at radius 1 is 1.18 bits per heavy atom. The second-order valence-corrected chi connectivity index (χ2v) is 10.4. The molecule has 6 rings (SSSR count). The van der Waals surface area contributed by atoms with Crippen LogP contribution in [0.4, 0.5) is 0 Å². The minimum atomic E-state index is -4.02. The first-order chi connectivity index (χ1) is 16.2. The van der Waals surface area contributed by atoms with Crippen LogP contribution in [-0.2, 0) is 10.1 Å². The fourth-order valence-corrected chi connectivity index (χ4v) is 4.89. The van der Waals surface area contributed by atoms with E-state index in [1.807, 2.05) is 19.1 Å². The molecule has 2 aromatic carbocycles. The van der Waals surface area contributed by atoms with Gasteiger partial charge < -0.3 is 14.6 Å². The Morgan fingerprint density at radius 3 is 2.47 bits per heavy atom. The first kappa shape index (κ1) is 24.4. The number of hydrogen-bond donors (Lipinski definition) is 2. The Labute approximate surface area is 203 Å². The summed E-state index contributed by atoms with van der Waals surface area (Å²) in [4.78, 5) is 18.8. The van der Waals surface area contributed by atoms with Gasteiger partial charge in [0.05, 0.1) is 11.1 Å². The summed E-state index contributed by atoms with van der Waals surface area (Å²) in [6.07, 6.45) is 3.88. The molecule has 3 saturated heterocycles. The van der Waals surface area contributed by atoms with E-state index in [1.165, 1.54) is 12.1 Å². The van der Waals surface area contributed by atoms with Crippen molar-refractivity contribution in [1.29, 1.82) is 0 Å². The summed E-state index contributed by atoms with van der Waals surface area (Å²) in [7, 11) is -4.02. The molecule has 34 heavy (non-hydrogen) atoms. The standard InChI is InChI=1S/C17H18ClN3O2.C7H8O3S/c18-13-3-1-2-12(8-13)15-9-19-17(23-15)16(22)20-14-10-21-6-4-11(14)5-7-21;1-6-2-4-7(5-3-6)11(8,9)10/h1-3,8-9,11,14H,4-7,10H2,(H,20,22);2-5H,1H3,(H,8,9,10)/t14-;/m0./s1. The number of aromatic nitrogens is 1. The highest BCUT2D eigenvalue weighted by Crippen LogP contribution is 2.28. The van der Waals surface area contributed by atoms with Crippen molar-refractivity contribution in [3.63, 3.8) is 0 Å². The Bertz CT molecular complexity index is 1250. The fraction of sp³-hybridized carbons (Fsp3) is 0.333. The second-order valence-electron chi connectivity index (χ2n) is 8.55. The molecule has 0 saturated carbocycles. The van der Waals surface area contributed by atoms with Crippen LogP contribution >= 0.6 is 11.6 Å². The topological polar surface area (TPSA) is 113 Å². The minimum Gasteiger partial charge on any atom is -0.432 e. The van der Waals surface area contributed by atoms with Crippen molar-refractivity contribution in [2.75, 3.05) is 19.6 Å². The number of benzene rings is 2. The summed E-state index contributed by atoms with van der Waals surface area (Å²) in [6.45, 7) is 5.07. The van der Waals surface area contributed by atoms with Gasteiger partial charge >= 0.3 is 5.91 Å². The number of nitrogens with one attached hydrogen (secondary N) is 1. The van der Waals surface area contributed by atoms with Gasteiger partial charge in [0.15, 0.2) is 5.76 Å². The smallest absolute Gasteiger partial charge is 0.307 e. The molecule has 4 heterocycles. The fourth-order valence-electron chi connectivity index (χ4n) is 4.22. The first-order valence-corrected chi connectivity index (χ1v) is 12.8. The molecule has 10 heteroatoms. The normalized spacial score (nSPS) is 21.4. The zero-order chi connectivity index (χ0) is 24.3. The number of amides is 1. The van der Waals surface area contributed by atoms with Gasteiger partial charge in [0.1, 0.15) is 0 Å². The summed E-state index contributed by atoms with van der Waals surface area (Å²) in [5.74, 6) is 0.992. The number of fused-ring (bicyclic) bond motifs is 3. The summed E-state index contributed by atoms with van der Waals surface area (Å²) in [5, 5.41) is 3.70. The lowest BCUT2D eigenvalue weighted by atomic mass is 9.84. The van der Waals surface area contributed by atoms with Crippen molar-refractivity contribution in [2.45, 2.75) is 30.7 Å². The quantitative estimate of drug-likeness (QED) is 0.516. The molecule has 2 bridgehead atoms. The summed E-state index contributed by atoms with van der Waals surface area (Å²) >= 11 is 5.98. The molecule has 3 aliphatic rings. The third-order valence-electron chi connectivity index (χ3n) is 6.10. The SMILES string of the molecule is Cc1ccc(S(=O)(=O)O)cc1.O=C(N[C@H]1CN2CCC1CC2)c1ncc(-c2cccc(Cl)c2)o1. The molecule has 3 fully saturated rings. The van der Waals surface area contributed by atoms with E-state index in [0.29, 0.717) is 16.7 Å². The van der Waals surface area contributed by atoms with E-state index in [2.05, 4.69) is 15.2 Å². The number of hydrogen-bond acceptors (Lipinski definition) is 6. The molecule has 1 atom stereocenters. The minimum absolute atomic E-state index is 0.0666. The largest absolute Gasteiger partial charge is 0.432 e. The van der Waals surface area contributed by atoms with Crippen molar-refractivity contribution < 1.29 is 22.2 Å². The van der Waals surface area contributed by atoms with Gasteiger partial charge in [0.2, 0.25) is 0 Å². The molecular formula is C24H26ClN3O5S. The van der Waals surface area contributed by atoms with Crippen LogP contribution in [0.5, 0.6) is 0 Å². The van der Waals surface area contributed by atoms with Crippen molar-refractivity contribution in [1.82, 2.24) is 15.2 Å². The molecule has 0 aliphatic carbocycles. The number of nitrogens with zero attached hydrogens (tertiary/aromatic N) is 2. The molecule has 2 N–H and O–H groups in total. The van der Waals surface area contributed by atoms with Gasteiger partial charge in [0.25, 0.3) is 16.0 Å². The highest BCUT2D eigenvalue weighted by atomic mass is 35.5. The van der Waals surface area contributed by atoms with Crippen LogP contribution in [0.15, 0.2) is 64.0 Å². The monoisotopic (exact) mass is 503 g/mol. The van der Waals surface area contributed by atoms with Crippen LogP contribution in [0.1, 0.15) is 29.1 Å². The number of oxazole rings is 1. The Kier molecular flexibility index (Phi) is 7.37. The average Bonchev–Trinajstić information content (AvgIpc) is 3.31. The van der Waals surface area contributed by atoms with E-state index in [4.69, 9.17) is 20.6 Å². The summed E-state index contributed by atoms with van der Waals surface area (Å²) < 4.78 is 35.2. The molecule has 0 unspecified atom stereocenters. The maximum Gasteiger partial charge on any atom is 0.307 e. The predicted octanol–water partition coefficient (Wildman–Crippen LogP) is 4.06. The molecule has 0 spiro atoms. The number of rotatable bonds is 4. The number of carbonyl (C=O) groups is 1. The second kappa shape index (κ2) is 10.3. The maximum atomic E-state index is 12.4. The Hall–Kier alpha value is -2.72. The average molecular weight is 504 g/mol. The van der Waals surface area contributed by atoms with E-state index in [0.717, 1.165) is 43.6 Å². The lowest BCUT2D eigenvalue weighted by Crippen LogP contribution is -2.57. The number of carbonyl (C=O) groups excluding carboxylic acids is 1. The van der Waals surface area contributed by atoms with Crippen LogP contribution < -0.4 is 5.32 Å². The van der Waals surface area contributed by atoms with Gasteiger partial charge in [-0.2, -0.15) is 8.42 Å². The summed E-state index contributed by atoms with van der Waals surface area (Å²) in [6, 6.07) is 13.5. The van der Waals surface area contributed by atoms with Gasteiger partial charge in [-0.05, 0) is 63.0 Å². The van der Waals surface area contributed by atoms with Crippen molar-refractivity contribution in [3.05, 3.63) is 71.2 Å². The third kappa shape index (κ3) is 6.04. The van der Waals surface area contributed by atoms with E-state index in [9.17, 15) is 13.2 Å². The van der Waals surface area contributed by atoms with Crippen LogP contribution in [0.3, 0.4) is 0 Å². The van der Waals surface area contributed by atoms with E-state index < -0.39 is 10.1 Å². The van der Waals surface area contributed by atoms with Gasteiger partial charge in [-0.15, -0.1) is 0 Å². The van der Waals surface area contributed by atoms with Crippen LogP contribution in [0.2, 0.25) is 5.02 Å². The molecule has 0 radical (unpaired) electrons. The van der Waals surface area contributed by atoms with Crippen LogP contribution in [0, 0.1) is 12.8 Å². The van der Waals surface area contributed by atoms with Crippen LogP contribution in [0.25, 0.3) is 11.3 Å². The van der Waals surface area contributed by atoms with E-state index >= 15 is 0 Å². The third-order valence-corrected chi connectivity index (χ3v) is 7.20. The van der Waals surface area contributed by atoms with Gasteiger partial charge in [-0.3, -0.25) is 9.35 Å². The summed E-state index contributed by atoms with van der Waals surface area (Å²) in [5.41, 5.74) is 1.77. The van der Waals surface area contributed by atoms with Gasteiger partial charge in [-0.25, -0.2) is 4.98 Å². The molecular weight excluding hydrogens is 478 g/mol. The van der Waals surface area contributed by atoms with Crippen LogP contribution in [-0.4, -0.2) is 54.4 Å². The van der Waals surface area contributed by atoms with Gasteiger partial charge in [0, 0.05) is 23.2 Å². The number of aryl methyl sites for hydroxylation is 1. The van der Waals surface area contributed by atoms with E-state index in [-0.39, 0.29) is 22.7 Å².